The molecule has 0 aliphatic carbocycles. The molecule has 68 valence electrons. The van der Waals surface area contributed by atoms with Gasteiger partial charge in [0.15, 0.2) is 5.84 Å². The average Bonchev–Trinajstić information content (AvgIpc) is 2.52. The average molecular weight is 177 g/mol. The molecule has 3 N–H and O–H groups in total. The summed E-state index contributed by atoms with van der Waals surface area (Å²) in [7, 11) is 1.79. The van der Waals surface area contributed by atoms with Gasteiger partial charge in [-0.05, 0) is 20.0 Å². The zero-order valence-electron chi connectivity index (χ0n) is 7.57. The van der Waals surface area contributed by atoms with Gasteiger partial charge in [0.2, 0.25) is 5.79 Å². The van der Waals surface area contributed by atoms with Crippen LogP contribution < -0.4 is 11.1 Å². The first-order valence-corrected chi connectivity index (χ1v) is 4.04. The number of amidine groups is 2. The van der Waals surface area contributed by atoms with Crippen LogP contribution in [0.15, 0.2) is 26.6 Å². The van der Waals surface area contributed by atoms with Crippen LogP contribution >= 0.6 is 0 Å². The Morgan fingerprint density at radius 1 is 1.46 bits per heavy atom. The fourth-order valence-corrected chi connectivity index (χ4v) is 1.25. The molecule has 0 fully saturated rings. The van der Waals surface area contributed by atoms with Crippen molar-refractivity contribution in [3.05, 3.63) is 11.6 Å². The van der Waals surface area contributed by atoms with Crippen molar-refractivity contribution in [2.45, 2.75) is 12.7 Å². The quantitative estimate of drug-likeness (QED) is 0.575. The molecule has 0 spiro atoms. The maximum atomic E-state index is 5.75. The largest absolute Gasteiger partial charge is 0.383 e. The molecular formula is C8H11N5. The lowest BCUT2D eigenvalue weighted by atomic mass is 10.2. The van der Waals surface area contributed by atoms with E-state index in [1.807, 2.05) is 13.0 Å². The van der Waals surface area contributed by atoms with E-state index >= 15 is 0 Å². The maximum absolute atomic E-state index is 5.75. The standard InChI is InChI=1S/C8H11N5/c1-8(10-2)12-6(9)5-3-4-11-7(5)13-8/h3-4,10H,1-2H3,(H2,9,12). The minimum Gasteiger partial charge on any atom is -0.383 e. The highest BCUT2D eigenvalue weighted by molar-refractivity contribution is 6.29. The fraction of sp³-hybridized carbons (Fsp3) is 0.375. The van der Waals surface area contributed by atoms with Crippen LogP contribution in [0.3, 0.4) is 0 Å². The van der Waals surface area contributed by atoms with E-state index in [1.54, 1.807) is 13.3 Å². The van der Waals surface area contributed by atoms with Crippen LogP contribution in [0.1, 0.15) is 6.92 Å². The molecule has 2 aliphatic rings. The number of hydrogen-bond donors (Lipinski definition) is 2. The predicted molar refractivity (Wildman–Crippen MR) is 53.1 cm³/mol. The molecule has 5 heteroatoms. The van der Waals surface area contributed by atoms with Crippen LogP contribution in [-0.2, 0) is 0 Å². The van der Waals surface area contributed by atoms with Gasteiger partial charge in [-0.15, -0.1) is 0 Å². The summed E-state index contributed by atoms with van der Waals surface area (Å²) in [6, 6.07) is 0. The smallest absolute Gasteiger partial charge is 0.206 e. The van der Waals surface area contributed by atoms with E-state index in [9.17, 15) is 0 Å². The normalized spacial score (nSPS) is 30.8. The number of allylic oxidation sites excluding steroid dienone is 1. The second-order valence-corrected chi connectivity index (χ2v) is 3.06. The predicted octanol–water partition coefficient (Wildman–Crippen LogP) is -0.340. The van der Waals surface area contributed by atoms with Crippen molar-refractivity contribution < 1.29 is 0 Å². The molecule has 0 radical (unpaired) electrons. The molecular weight excluding hydrogens is 166 g/mol. The molecule has 0 aromatic carbocycles. The molecule has 0 saturated heterocycles. The zero-order chi connectivity index (χ0) is 9.47. The lowest BCUT2D eigenvalue weighted by molar-refractivity contribution is 0.422. The summed E-state index contributed by atoms with van der Waals surface area (Å²) in [6.07, 6.45) is 3.49. The Balaban J connectivity index is 2.47. The second kappa shape index (κ2) is 2.50. The number of nitrogens with one attached hydrogen (secondary N) is 1. The number of hydrogen-bond acceptors (Lipinski definition) is 5. The minimum atomic E-state index is -0.668. The van der Waals surface area contributed by atoms with Crippen LogP contribution in [0.2, 0.25) is 0 Å². The van der Waals surface area contributed by atoms with Gasteiger partial charge in [0.05, 0.1) is 5.57 Å². The Labute approximate surface area is 76.2 Å². The van der Waals surface area contributed by atoms with Gasteiger partial charge in [0, 0.05) is 6.21 Å². The van der Waals surface area contributed by atoms with Crippen LogP contribution in [0.25, 0.3) is 0 Å². The molecule has 0 amide bonds. The van der Waals surface area contributed by atoms with E-state index in [2.05, 4.69) is 20.3 Å². The molecule has 5 nitrogen and oxygen atoms in total. The Kier molecular flexibility index (Phi) is 1.56. The van der Waals surface area contributed by atoms with E-state index in [0.29, 0.717) is 11.7 Å². The molecule has 2 heterocycles. The molecule has 2 rings (SSSR count). The summed E-state index contributed by atoms with van der Waals surface area (Å²) in [5, 5.41) is 2.97. The molecule has 0 bridgehead atoms. The van der Waals surface area contributed by atoms with Crippen LogP contribution in [0.4, 0.5) is 0 Å². The van der Waals surface area contributed by atoms with Crippen LogP contribution in [0, 0.1) is 0 Å². The molecule has 0 aromatic rings. The van der Waals surface area contributed by atoms with Crippen molar-refractivity contribution in [3.8, 4) is 0 Å². The van der Waals surface area contributed by atoms with E-state index in [-0.39, 0.29) is 0 Å². The summed E-state index contributed by atoms with van der Waals surface area (Å²) in [5.41, 5.74) is 6.56. The fourth-order valence-electron chi connectivity index (χ4n) is 1.25. The third-order valence-corrected chi connectivity index (χ3v) is 2.09. The summed E-state index contributed by atoms with van der Waals surface area (Å²) in [6.45, 7) is 1.84. The van der Waals surface area contributed by atoms with E-state index in [1.165, 1.54) is 0 Å². The van der Waals surface area contributed by atoms with Crippen molar-refractivity contribution in [1.29, 1.82) is 0 Å². The monoisotopic (exact) mass is 177 g/mol. The van der Waals surface area contributed by atoms with Gasteiger partial charge in [-0.2, -0.15) is 0 Å². The van der Waals surface area contributed by atoms with Crippen molar-refractivity contribution >= 4 is 17.9 Å². The lowest BCUT2D eigenvalue weighted by Crippen LogP contribution is -2.42. The van der Waals surface area contributed by atoms with Crippen molar-refractivity contribution in [1.82, 2.24) is 5.32 Å². The highest BCUT2D eigenvalue weighted by atomic mass is 15.3. The molecule has 1 unspecified atom stereocenters. The number of nitrogens with zero attached hydrogens (tertiary/aromatic N) is 3. The molecule has 2 aliphatic heterocycles. The Morgan fingerprint density at radius 2 is 2.23 bits per heavy atom. The van der Waals surface area contributed by atoms with E-state index in [4.69, 9.17) is 5.73 Å². The summed E-state index contributed by atoms with van der Waals surface area (Å²) in [5.74, 6) is 0.474. The summed E-state index contributed by atoms with van der Waals surface area (Å²) < 4.78 is 0. The molecule has 13 heavy (non-hydrogen) atoms. The van der Waals surface area contributed by atoms with Crippen molar-refractivity contribution in [2.75, 3.05) is 7.05 Å². The minimum absolute atomic E-state index is 0.486. The number of aliphatic imine (C=N–C) groups is 3. The van der Waals surface area contributed by atoms with Gasteiger partial charge in [-0.25, -0.2) is 15.0 Å². The van der Waals surface area contributed by atoms with E-state index in [0.717, 1.165) is 5.57 Å². The Morgan fingerprint density at radius 3 is 2.92 bits per heavy atom. The van der Waals surface area contributed by atoms with E-state index < -0.39 is 5.79 Å². The first-order valence-electron chi connectivity index (χ1n) is 4.04. The Bertz CT molecular complexity index is 363. The third kappa shape index (κ3) is 1.17. The lowest BCUT2D eigenvalue weighted by Gasteiger charge is -2.25. The number of rotatable bonds is 1. The van der Waals surface area contributed by atoms with Crippen LogP contribution in [0.5, 0.6) is 0 Å². The van der Waals surface area contributed by atoms with Crippen molar-refractivity contribution in [2.24, 2.45) is 20.7 Å². The van der Waals surface area contributed by atoms with Gasteiger partial charge in [0.25, 0.3) is 0 Å². The summed E-state index contributed by atoms with van der Waals surface area (Å²) in [4.78, 5) is 12.6. The van der Waals surface area contributed by atoms with Gasteiger partial charge in [-0.3, -0.25) is 5.32 Å². The third-order valence-electron chi connectivity index (χ3n) is 2.09. The van der Waals surface area contributed by atoms with Gasteiger partial charge in [-0.1, -0.05) is 0 Å². The SMILES string of the molecule is CNC1(C)N=C(N)C2=CC=NC2=N1. The Hall–Kier alpha value is -1.49. The second-order valence-electron chi connectivity index (χ2n) is 3.06. The first kappa shape index (κ1) is 8.12. The van der Waals surface area contributed by atoms with Crippen molar-refractivity contribution in [3.63, 3.8) is 0 Å². The van der Waals surface area contributed by atoms with Crippen LogP contribution in [-0.4, -0.2) is 30.7 Å². The maximum Gasteiger partial charge on any atom is 0.206 e. The zero-order valence-corrected chi connectivity index (χ0v) is 7.57. The number of nitrogens with two attached hydrogens (primary N) is 1. The van der Waals surface area contributed by atoms with Gasteiger partial charge in [0.1, 0.15) is 5.84 Å². The topological polar surface area (TPSA) is 75.1 Å². The number of fused-ring (bicyclic) bond motifs is 1. The molecule has 1 atom stereocenters. The molecule has 0 saturated carbocycles. The first-order chi connectivity index (χ1) is 6.14. The molecule has 0 aromatic heterocycles. The highest BCUT2D eigenvalue weighted by Crippen LogP contribution is 2.19. The highest BCUT2D eigenvalue weighted by Gasteiger charge is 2.29. The van der Waals surface area contributed by atoms with Gasteiger partial charge < -0.3 is 5.73 Å². The van der Waals surface area contributed by atoms with Gasteiger partial charge >= 0.3 is 0 Å². The summed E-state index contributed by atoms with van der Waals surface area (Å²) >= 11 is 0.